The van der Waals surface area contributed by atoms with Crippen molar-refractivity contribution < 1.29 is 4.74 Å². The molecule has 0 heterocycles. The Labute approximate surface area is 122 Å². The van der Waals surface area contributed by atoms with Crippen LogP contribution in [0, 0.1) is 5.92 Å². The topological polar surface area (TPSA) is 21.3 Å². The molecule has 0 aliphatic heterocycles. The lowest BCUT2D eigenvalue weighted by Crippen LogP contribution is -2.46. The van der Waals surface area contributed by atoms with E-state index >= 15 is 0 Å². The molecule has 2 nitrogen and oxygen atoms in total. The van der Waals surface area contributed by atoms with Gasteiger partial charge in [-0.05, 0) is 37.2 Å². The first-order valence-electron chi connectivity index (χ1n) is 8.17. The van der Waals surface area contributed by atoms with Gasteiger partial charge in [-0.1, -0.05) is 50.1 Å². The summed E-state index contributed by atoms with van der Waals surface area (Å²) in [5.41, 5.74) is 1.35. The van der Waals surface area contributed by atoms with Crippen molar-refractivity contribution in [3.05, 3.63) is 35.9 Å². The largest absolute Gasteiger partial charge is 0.369 e. The van der Waals surface area contributed by atoms with Gasteiger partial charge in [0.1, 0.15) is 0 Å². The van der Waals surface area contributed by atoms with E-state index in [0.29, 0.717) is 0 Å². The van der Waals surface area contributed by atoms with Gasteiger partial charge >= 0.3 is 0 Å². The lowest BCUT2D eigenvalue weighted by molar-refractivity contribution is -0.0891. The second-order valence-corrected chi connectivity index (χ2v) is 6.81. The van der Waals surface area contributed by atoms with Gasteiger partial charge in [-0.3, -0.25) is 0 Å². The van der Waals surface area contributed by atoms with Crippen LogP contribution in [0.2, 0.25) is 0 Å². The van der Waals surface area contributed by atoms with Gasteiger partial charge in [-0.25, -0.2) is 0 Å². The monoisotopic (exact) mass is 273 g/mol. The molecule has 0 radical (unpaired) electrons. The Morgan fingerprint density at radius 1 is 1.20 bits per heavy atom. The van der Waals surface area contributed by atoms with Crippen molar-refractivity contribution in [1.29, 1.82) is 0 Å². The standard InChI is InChI=1S/C18H27NO/c1-15-6-5-11-18(12-15,14-19-17-9-10-17)20-13-16-7-3-2-4-8-16/h2-4,7-8,15,17,19H,5-6,9-14H2,1H3. The minimum atomic E-state index is 0.0656. The molecular weight excluding hydrogens is 246 g/mol. The number of ether oxygens (including phenoxy) is 1. The lowest BCUT2D eigenvalue weighted by atomic mass is 9.78. The normalized spacial score (nSPS) is 30.4. The van der Waals surface area contributed by atoms with Gasteiger partial charge in [0.15, 0.2) is 0 Å². The highest BCUT2D eigenvalue weighted by atomic mass is 16.5. The summed E-state index contributed by atoms with van der Waals surface area (Å²) in [4.78, 5) is 0. The molecule has 2 saturated carbocycles. The zero-order valence-corrected chi connectivity index (χ0v) is 12.6. The van der Waals surface area contributed by atoms with Crippen LogP contribution in [0.5, 0.6) is 0 Å². The summed E-state index contributed by atoms with van der Waals surface area (Å²) in [6, 6.07) is 11.3. The summed E-state index contributed by atoms with van der Waals surface area (Å²) >= 11 is 0. The summed E-state index contributed by atoms with van der Waals surface area (Å²) in [5.74, 6) is 0.792. The molecule has 0 spiro atoms. The third-order valence-electron chi connectivity index (χ3n) is 4.73. The van der Waals surface area contributed by atoms with Crippen molar-refractivity contribution in [1.82, 2.24) is 5.32 Å². The van der Waals surface area contributed by atoms with E-state index in [-0.39, 0.29) is 5.60 Å². The Bertz CT molecular complexity index is 415. The highest BCUT2D eigenvalue weighted by molar-refractivity contribution is 5.13. The fraction of sp³-hybridized carbons (Fsp3) is 0.667. The number of benzene rings is 1. The maximum absolute atomic E-state index is 6.44. The van der Waals surface area contributed by atoms with Gasteiger partial charge in [-0.2, -0.15) is 0 Å². The quantitative estimate of drug-likeness (QED) is 0.848. The third-order valence-corrected chi connectivity index (χ3v) is 4.73. The van der Waals surface area contributed by atoms with Gasteiger partial charge in [0.25, 0.3) is 0 Å². The molecule has 2 fully saturated rings. The first-order valence-corrected chi connectivity index (χ1v) is 8.17. The Morgan fingerprint density at radius 3 is 2.70 bits per heavy atom. The summed E-state index contributed by atoms with van der Waals surface area (Å²) in [6.07, 6.45) is 7.79. The average molecular weight is 273 g/mol. The molecule has 1 aromatic carbocycles. The van der Waals surface area contributed by atoms with E-state index in [1.54, 1.807) is 0 Å². The highest BCUT2D eigenvalue weighted by Crippen LogP contribution is 2.36. The zero-order chi connectivity index (χ0) is 13.8. The van der Waals surface area contributed by atoms with Crippen molar-refractivity contribution in [3.63, 3.8) is 0 Å². The van der Waals surface area contributed by atoms with E-state index in [0.717, 1.165) is 25.1 Å². The molecule has 0 aromatic heterocycles. The van der Waals surface area contributed by atoms with E-state index in [9.17, 15) is 0 Å². The molecule has 1 N–H and O–H groups in total. The second kappa shape index (κ2) is 6.28. The Kier molecular flexibility index (Phi) is 4.42. The molecule has 20 heavy (non-hydrogen) atoms. The molecule has 2 aliphatic rings. The SMILES string of the molecule is CC1CCCC(CNC2CC2)(OCc2ccccc2)C1. The van der Waals surface area contributed by atoms with Crippen LogP contribution >= 0.6 is 0 Å². The maximum atomic E-state index is 6.44. The number of rotatable bonds is 6. The highest BCUT2D eigenvalue weighted by Gasteiger charge is 2.37. The van der Waals surface area contributed by atoms with Gasteiger partial charge < -0.3 is 10.1 Å². The van der Waals surface area contributed by atoms with E-state index in [1.165, 1.54) is 44.1 Å². The molecule has 2 unspecified atom stereocenters. The molecular formula is C18H27NO. The number of hydrogen-bond acceptors (Lipinski definition) is 2. The van der Waals surface area contributed by atoms with Gasteiger partial charge in [0.2, 0.25) is 0 Å². The zero-order valence-electron chi connectivity index (χ0n) is 12.6. The average Bonchev–Trinajstić information content (AvgIpc) is 3.29. The fourth-order valence-electron chi connectivity index (χ4n) is 3.38. The van der Waals surface area contributed by atoms with Crippen molar-refractivity contribution in [2.24, 2.45) is 5.92 Å². The van der Waals surface area contributed by atoms with Gasteiger partial charge in [0.05, 0.1) is 12.2 Å². The number of nitrogens with one attached hydrogen (secondary N) is 1. The molecule has 0 saturated heterocycles. The van der Waals surface area contributed by atoms with Crippen LogP contribution < -0.4 is 5.32 Å². The molecule has 0 bridgehead atoms. The first-order chi connectivity index (χ1) is 9.76. The number of hydrogen-bond donors (Lipinski definition) is 1. The Balaban J connectivity index is 1.61. The van der Waals surface area contributed by atoms with Crippen LogP contribution in [-0.2, 0) is 11.3 Å². The van der Waals surface area contributed by atoms with Crippen LogP contribution in [0.3, 0.4) is 0 Å². The minimum absolute atomic E-state index is 0.0656. The van der Waals surface area contributed by atoms with E-state index in [2.05, 4.69) is 42.6 Å². The van der Waals surface area contributed by atoms with Crippen molar-refractivity contribution in [2.45, 2.75) is 63.7 Å². The van der Waals surface area contributed by atoms with Crippen molar-refractivity contribution in [3.8, 4) is 0 Å². The van der Waals surface area contributed by atoms with Crippen LogP contribution in [0.15, 0.2) is 30.3 Å². The van der Waals surface area contributed by atoms with Gasteiger partial charge in [-0.15, -0.1) is 0 Å². The smallest absolute Gasteiger partial charge is 0.0813 e. The lowest BCUT2D eigenvalue weighted by Gasteiger charge is -2.40. The molecule has 0 amide bonds. The van der Waals surface area contributed by atoms with Crippen LogP contribution in [0.25, 0.3) is 0 Å². The fourth-order valence-corrected chi connectivity index (χ4v) is 3.38. The Morgan fingerprint density at radius 2 is 2.00 bits per heavy atom. The predicted octanol–water partition coefficient (Wildman–Crippen LogP) is 3.90. The summed E-state index contributed by atoms with van der Waals surface area (Å²) < 4.78 is 6.44. The molecule has 110 valence electrons. The summed E-state index contributed by atoms with van der Waals surface area (Å²) in [7, 11) is 0. The second-order valence-electron chi connectivity index (χ2n) is 6.81. The van der Waals surface area contributed by atoms with Crippen LogP contribution in [-0.4, -0.2) is 18.2 Å². The van der Waals surface area contributed by atoms with E-state index < -0.39 is 0 Å². The molecule has 3 rings (SSSR count). The predicted molar refractivity (Wildman–Crippen MR) is 82.6 cm³/mol. The van der Waals surface area contributed by atoms with Gasteiger partial charge in [0, 0.05) is 12.6 Å². The van der Waals surface area contributed by atoms with Crippen molar-refractivity contribution >= 4 is 0 Å². The third kappa shape index (κ3) is 3.83. The van der Waals surface area contributed by atoms with Crippen molar-refractivity contribution in [2.75, 3.05) is 6.54 Å². The van der Waals surface area contributed by atoms with E-state index in [4.69, 9.17) is 4.74 Å². The summed E-state index contributed by atoms with van der Waals surface area (Å²) in [5, 5.41) is 3.70. The molecule has 2 aliphatic carbocycles. The maximum Gasteiger partial charge on any atom is 0.0813 e. The van der Waals surface area contributed by atoms with Crippen LogP contribution in [0.1, 0.15) is 51.0 Å². The van der Waals surface area contributed by atoms with E-state index in [1.807, 2.05) is 0 Å². The Hall–Kier alpha value is -0.860. The van der Waals surface area contributed by atoms with Crippen LogP contribution in [0.4, 0.5) is 0 Å². The first kappa shape index (κ1) is 14.1. The molecule has 1 aromatic rings. The minimum Gasteiger partial charge on any atom is -0.369 e. The molecule has 2 atom stereocenters. The molecule has 2 heteroatoms. The summed E-state index contributed by atoms with van der Waals surface area (Å²) in [6.45, 7) is 4.16.